The molecule has 0 fully saturated rings. The lowest BCUT2D eigenvalue weighted by Crippen LogP contribution is -2.25. The van der Waals surface area contributed by atoms with Crippen LogP contribution in [0.2, 0.25) is 0 Å². The van der Waals surface area contributed by atoms with Crippen molar-refractivity contribution in [1.82, 2.24) is 0 Å². The standard InChI is InChI=1S/C27H26NP/c1-21-19-22(2)27(23(3)20-21)28-29(24-13-7-4-8-14-24,25-15-9-5-10-16-25)26-17-11-6-12-18-26/h4-20H,1-3H3. The van der Waals surface area contributed by atoms with Gasteiger partial charge in [-0.15, -0.1) is 0 Å². The van der Waals surface area contributed by atoms with E-state index in [1.54, 1.807) is 0 Å². The van der Waals surface area contributed by atoms with Gasteiger partial charge < -0.3 is 0 Å². The Bertz CT molecular complexity index is 1040. The van der Waals surface area contributed by atoms with Crippen LogP contribution in [0.5, 0.6) is 0 Å². The van der Waals surface area contributed by atoms with Crippen molar-refractivity contribution in [2.45, 2.75) is 20.8 Å². The van der Waals surface area contributed by atoms with E-state index in [2.05, 4.69) is 124 Å². The summed E-state index contributed by atoms with van der Waals surface area (Å²) in [5, 5.41) is 3.82. The summed E-state index contributed by atoms with van der Waals surface area (Å²) in [6, 6.07) is 36.9. The first kappa shape index (κ1) is 19.4. The lowest BCUT2D eigenvalue weighted by molar-refractivity contribution is 1.29. The number of hydrogen-bond donors (Lipinski definition) is 0. The van der Waals surface area contributed by atoms with Crippen LogP contribution in [-0.4, -0.2) is 0 Å². The maximum atomic E-state index is 5.65. The molecule has 0 aliphatic carbocycles. The van der Waals surface area contributed by atoms with Crippen molar-refractivity contribution in [3.8, 4) is 0 Å². The van der Waals surface area contributed by atoms with Gasteiger partial charge in [-0.1, -0.05) is 109 Å². The Morgan fingerprint density at radius 1 is 0.517 bits per heavy atom. The summed E-state index contributed by atoms with van der Waals surface area (Å²) < 4.78 is 5.65. The summed E-state index contributed by atoms with van der Waals surface area (Å²) in [4.78, 5) is 0. The van der Waals surface area contributed by atoms with E-state index in [-0.39, 0.29) is 0 Å². The summed E-state index contributed by atoms with van der Waals surface area (Å²) in [5.41, 5.74) is 4.85. The Hall–Kier alpha value is -2.89. The summed E-state index contributed by atoms with van der Waals surface area (Å²) in [6.45, 7) is 6.50. The molecule has 2 heteroatoms. The van der Waals surface area contributed by atoms with Crippen molar-refractivity contribution in [2.24, 2.45) is 4.74 Å². The van der Waals surface area contributed by atoms with Crippen LogP contribution >= 0.6 is 7.05 Å². The van der Waals surface area contributed by atoms with Crippen molar-refractivity contribution in [3.63, 3.8) is 0 Å². The molecule has 1 nitrogen and oxygen atoms in total. The van der Waals surface area contributed by atoms with Gasteiger partial charge >= 0.3 is 0 Å². The molecule has 0 radical (unpaired) electrons. The molecule has 0 spiro atoms. The fraction of sp³-hybridized carbons (Fsp3) is 0.111. The Labute approximate surface area is 174 Å². The average molecular weight is 395 g/mol. The highest BCUT2D eigenvalue weighted by molar-refractivity contribution is 7.87. The molecule has 144 valence electrons. The molecule has 4 rings (SSSR count). The Balaban J connectivity index is 2.18. The molecule has 0 unspecified atom stereocenters. The van der Waals surface area contributed by atoms with Crippen molar-refractivity contribution in [1.29, 1.82) is 0 Å². The van der Waals surface area contributed by atoms with E-state index in [9.17, 15) is 0 Å². The van der Waals surface area contributed by atoms with Crippen LogP contribution in [0, 0.1) is 20.8 Å². The lowest BCUT2D eigenvalue weighted by atomic mass is 10.1. The van der Waals surface area contributed by atoms with E-state index in [4.69, 9.17) is 4.74 Å². The number of aryl methyl sites for hydroxylation is 3. The van der Waals surface area contributed by atoms with Crippen molar-refractivity contribution in [2.75, 3.05) is 0 Å². The smallest absolute Gasteiger partial charge is 0.0683 e. The zero-order valence-corrected chi connectivity index (χ0v) is 18.1. The third-order valence-corrected chi connectivity index (χ3v) is 8.91. The van der Waals surface area contributed by atoms with Gasteiger partial charge in [-0.3, -0.25) is 4.74 Å². The van der Waals surface area contributed by atoms with Crippen LogP contribution < -0.4 is 15.9 Å². The summed E-state index contributed by atoms with van der Waals surface area (Å²) >= 11 is 0. The lowest BCUT2D eigenvalue weighted by Gasteiger charge is -2.27. The number of rotatable bonds is 4. The van der Waals surface area contributed by atoms with Crippen LogP contribution in [0.1, 0.15) is 16.7 Å². The molecule has 0 saturated carbocycles. The quantitative estimate of drug-likeness (QED) is 0.354. The molecule has 0 amide bonds. The second-order valence-electron chi connectivity index (χ2n) is 7.49. The first-order valence-corrected chi connectivity index (χ1v) is 11.7. The highest BCUT2D eigenvalue weighted by Gasteiger charge is 2.27. The maximum absolute atomic E-state index is 5.65. The van der Waals surface area contributed by atoms with Gasteiger partial charge in [0.05, 0.1) is 12.7 Å². The molecular weight excluding hydrogens is 369 g/mol. The highest BCUT2D eigenvalue weighted by atomic mass is 31.2. The molecule has 0 atom stereocenters. The minimum absolute atomic E-state index is 1.11. The predicted molar refractivity (Wildman–Crippen MR) is 128 cm³/mol. The molecule has 0 saturated heterocycles. The van der Waals surface area contributed by atoms with Crippen LogP contribution in [0.15, 0.2) is 108 Å². The molecular formula is C27H26NP. The SMILES string of the molecule is Cc1cc(C)c(N=P(c2ccccc2)(c2ccccc2)c2ccccc2)c(C)c1. The Morgan fingerprint density at radius 2 is 0.862 bits per heavy atom. The minimum atomic E-state index is -2.22. The van der Waals surface area contributed by atoms with E-state index in [1.807, 2.05) is 0 Å². The van der Waals surface area contributed by atoms with Crippen molar-refractivity contribution < 1.29 is 0 Å². The molecule has 4 aromatic carbocycles. The predicted octanol–water partition coefficient (Wildman–Crippen LogP) is 6.42. The monoisotopic (exact) mass is 395 g/mol. The van der Waals surface area contributed by atoms with E-state index in [0.29, 0.717) is 0 Å². The van der Waals surface area contributed by atoms with Crippen LogP contribution in [0.4, 0.5) is 5.69 Å². The van der Waals surface area contributed by atoms with Crippen molar-refractivity contribution in [3.05, 3.63) is 120 Å². The van der Waals surface area contributed by atoms with Gasteiger partial charge in [-0.2, -0.15) is 0 Å². The fourth-order valence-corrected chi connectivity index (χ4v) is 7.70. The zero-order chi connectivity index (χ0) is 20.3. The molecule has 0 aromatic heterocycles. The first-order chi connectivity index (χ1) is 14.1. The highest BCUT2D eigenvalue weighted by Crippen LogP contribution is 2.50. The minimum Gasteiger partial charge on any atom is -0.253 e. The van der Waals surface area contributed by atoms with Gasteiger partial charge in [0.25, 0.3) is 0 Å². The maximum Gasteiger partial charge on any atom is 0.0683 e. The van der Waals surface area contributed by atoms with Crippen LogP contribution in [-0.2, 0) is 0 Å². The largest absolute Gasteiger partial charge is 0.253 e. The zero-order valence-electron chi connectivity index (χ0n) is 17.2. The third kappa shape index (κ3) is 3.71. The van der Waals surface area contributed by atoms with E-state index >= 15 is 0 Å². The van der Waals surface area contributed by atoms with E-state index in [0.717, 1.165) is 5.69 Å². The third-order valence-electron chi connectivity index (χ3n) is 5.27. The van der Waals surface area contributed by atoms with Crippen LogP contribution in [0.3, 0.4) is 0 Å². The normalized spacial score (nSPS) is 11.3. The van der Waals surface area contributed by atoms with E-state index in [1.165, 1.54) is 32.6 Å². The number of nitrogens with zero attached hydrogens (tertiary/aromatic N) is 1. The second-order valence-corrected chi connectivity index (χ2v) is 10.5. The van der Waals surface area contributed by atoms with Gasteiger partial charge in [0.2, 0.25) is 0 Å². The van der Waals surface area contributed by atoms with E-state index < -0.39 is 7.05 Å². The summed E-state index contributed by atoms with van der Waals surface area (Å²) in [5.74, 6) is 0. The molecule has 0 aliphatic rings. The van der Waals surface area contributed by atoms with Gasteiger partial charge in [0, 0.05) is 15.9 Å². The topological polar surface area (TPSA) is 12.4 Å². The molecule has 4 aromatic rings. The number of hydrogen-bond acceptors (Lipinski definition) is 1. The molecule has 29 heavy (non-hydrogen) atoms. The average Bonchev–Trinajstić information content (AvgIpc) is 2.75. The first-order valence-electron chi connectivity index (χ1n) is 9.98. The van der Waals surface area contributed by atoms with Crippen LogP contribution in [0.25, 0.3) is 0 Å². The molecule has 0 bridgehead atoms. The number of benzene rings is 4. The Morgan fingerprint density at radius 3 is 1.21 bits per heavy atom. The molecule has 0 heterocycles. The van der Waals surface area contributed by atoms with Crippen molar-refractivity contribution >= 4 is 28.7 Å². The summed E-state index contributed by atoms with van der Waals surface area (Å²) in [6.07, 6.45) is 0. The molecule has 0 N–H and O–H groups in total. The fourth-order valence-electron chi connectivity index (χ4n) is 4.03. The van der Waals surface area contributed by atoms with Gasteiger partial charge in [-0.25, -0.2) is 0 Å². The Kier molecular flexibility index (Phi) is 5.51. The van der Waals surface area contributed by atoms with Gasteiger partial charge in [-0.05, 0) is 31.9 Å². The van der Waals surface area contributed by atoms with Gasteiger partial charge in [0.15, 0.2) is 0 Å². The molecule has 0 aliphatic heterocycles. The summed E-state index contributed by atoms with van der Waals surface area (Å²) in [7, 11) is -2.22. The van der Waals surface area contributed by atoms with Gasteiger partial charge in [0.1, 0.15) is 0 Å². The second kappa shape index (κ2) is 8.23.